The molecule has 0 aromatic carbocycles. The number of hydrogen-bond acceptors (Lipinski definition) is 6. The Morgan fingerprint density at radius 2 is 1.85 bits per heavy atom. The number of aliphatic hydroxyl groups is 1. The molecule has 1 heterocycles. The van der Waals surface area contributed by atoms with E-state index in [1.807, 2.05) is 0 Å². The van der Waals surface area contributed by atoms with Crippen LogP contribution in [0.5, 0.6) is 0 Å². The first-order valence-electron chi connectivity index (χ1n) is 6.02. The first-order valence-corrected chi connectivity index (χ1v) is 7.84. The predicted molar refractivity (Wildman–Crippen MR) is 68.9 cm³/mol. The van der Waals surface area contributed by atoms with Crippen molar-refractivity contribution in [3.05, 3.63) is 0 Å². The minimum atomic E-state index is -3.50. The van der Waals surface area contributed by atoms with Crippen molar-refractivity contribution in [2.24, 2.45) is 5.92 Å². The van der Waals surface area contributed by atoms with E-state index < -0.39 is 57.1 Å². The van der Waals surface area contributed by atoms with Crippen LogP contribution in [0.3, 0.4) is 0 Å². The molecule has 1 aliphatic heterocycles. The van der Waals surface area contributed by atoms with Crippen molar-refractivity contribution in [2.75, 3.05) is 11.5 Å². The van der Waals surface area contributed by atoms with Crippen molar-refractivity contribution < 1.29 is 33.0 Å². The highest BCUT2D eigenvalue weighted by atomic mass is 32.2. The van der Waals surface area contributed by atoms with Crippen LogP contribution in [0.1, 0.15) is 20.8 Å². The van der Waals surface area contributed by atoms with E-state index in [4.69, 9.17) is 9.84 Å². The quantitative estimate of drug-likeness (QED) is 0.632. The number of aliphatic carboxylic acids is 1. The maximum absolute atomic E-state index is 11.6. The fourth-order valence-electron chi connectivity index (χ4n) is 1.96. The molecule has 0 aromatic rings. The van der Waals surface area contributed by atoms with Gasteiger partial charge in [-0.05, 0) is 20.8 Å². The molecule has 116 valence electrons. The minimum absolute atomic E-state index is 0.485. The topological polar surface area (TPSA) is 130 Å². The maximum Gasteiger partial charge on any atom is 0.408 e. The number of carbonyl (C=O) groups excluding carboxylic acids is 1. The van der Waals surface area contributed by atoms with Crippen molar-refractivity contribution in [1.82, 2.24) is 5.32 Å². The second-order valence-corrected chi connectivity index (χ2v) is 7.92. The van der Waals surface area contributed by atoms with E-state index in [1.54, 1.807) is 20.8 Å². The summed E-state index contributed by atoms with van der Waals surface area (Å²) in [4.78, 5) is 22.7. The average Bonchev–Trinajstić information content (AvgIpc) is 2.45. The number of amides is 1. The summed E-state index contributed by atoms with van der Waals surface area (Å²) in [7, 11) is -3.50. The number of aliphatic hydroxyl groups excluding tert-OH is 1. The van der Waals surface area contributed by atoms with Gasteiger partial charge in [-0.1, -0.05) is 0 Å². The molecule has 1 aliphatic rings. The maximum atomic E-state index is 11.6. The standard InChI is InChI=1S/C11H19NO7S/c1-11(2,3)19-10(16)12-8(9(14)15)6-4-20(17,18)5-7(6)13/h6-8,13H,4-5H2,1-3H3,(H,12,16)(H,14,15). The molecular weight excluding hydrogens is 290 g/mol. The Morgan fingerprint density at radius 3 is 2.20 bits per heavy atom. The average molecular weight is 309 g/mol. The van der Waals surface area contributed by atoms with E-state index in [2.05, 4.69) is 5.32 Å². The van der Waals surface area contributed by atoms with Gasteiger partial charge >= 0.3 is 12.1 Å². The third-order valence-electron chi connectivity index (χ3n) is 2.73. The van der Waals surface area contributed by atoms with Gasteiger partial charge in [0.25, 0.3) is 0 Å². The molecule has 20 heavy (non-hydrogen) atoms. The molecule has 0 spiro atoms. The molecule has 0 aliphatic carbocycles. The smallest absolute Gasteiger partial charge is 0.408 e. The van der Waals surface area contributed by atoms with Crippen molar-refractivity contribution in [3.8, 4) is 0 Å². The summed E-state index contributed by atoms with van der Waals surface area (Å²) >= 11 is 0. The molecule has 1 fully saturated rings. The van der Waals surface area contributed by atoms with Gasteiger partial charge in [0, 0.05) is 5.92 Å². The van der Waals surface area contributed by atoms with Gasteiger partial charge in [-0.3, -0.25) is 0 Å². The van der Waals surface area contributed by atoms with E-state index in [0.717, 1.165) is 0 Å². The Balaban J connectivity index is 2.81. The Labute approximate surface area is 117 Å². The zero-order valence-electron chi connectivity index (χ0n) is 11.5. The zero-order chi connectivity index (χ0) is 15.7. The molecule has 3 atom stereocenters. The third kappa shape index (κ3) is 4.64. The molecule has 1 rings (SSSR count). The van der Waals surface area contributed by atoms with Crippen LogP contribution < -0.4 is 5.32 Å². The summed E-state index contributed by atoms with van der Waals surface area (Å²) in [5.41, 5.74) is -0.812. The monoisotopic (exact) mass is 309 g/mol. The molecule has 3 unspecified atom stereocenters. The summed E-state index contributed by atoms with van der Waals surface area (Å²) in [6, 6.07) is -1.52. The Hall–Kier alpha value is -1.35. The number of hydrogen-bond donors (Lipinski definition) is 3. The summed E-state index contributed by atoms with van der Waals surface area (Å²) in [6.07, 6.45) is -2.29. The van der Waals surface area contributed by atoms with Crippen LogP contribution in [0.25, 0.3) is 0 Å². The summed E-state index contributed by atoms with van der Waals surface area (Å²) in [6.45, 7) is 4.83. The van der Waals surface area contributed by atoms with Crippen LogP contribution in [0.15, 0.2) is 0 Å². The number of alkyl carbamates (subject to hydrolysis) is 1. The highest BCUT2D eigenvalue weighted by molar-refractivity contribution is 7.91. The number of ether oxygens (including phenoxy) is 1. The molecule has 1 amide bonds. The largest absolute Gasteiger partial charge is 0.480 e. The highest BCUT2D eigenvalue weighted by Crippen LogP contribution is 2.23. The first-order chi connectivity index (χ1) is 8.91. The second kappa shape index (κ2) is 5.57. The number of carboxylic acid groups (broad SMARTS) is 1. The molecule has 1 saturated heterocycles. The third-order valence-corrected chi connectivity index (χ3v) is 4.47. The minimum Gasteiger partial charge on any atom is -0.480 e. The van der Waals surface area contributed by atoms with Gasteiger partial charge < -0.3 is 20.3 Å². The molecule has 0 radical (unpaired) electrons. The lowest BCUT2D eigenvalue weighted by molar-refractivity contribution is -0.141. The van der Waals surface area contributed by atoms with E-state index in [9.17, 15) is 23.1 Å². The zero-order valence-corrected chi connectivity index (χ0v) is 12.3. The number of carboxylic acids is 1. The lowest BCUT2D eigenvalue weighted by atomic mass is 9.97. The summed E-state index contributed by atoms with van der Waals surface area (Å²) in [5.74, 6) is -3.50. The van der Waals surface area contributed by atoms with E-state index in [-0.39, 0.29) is 0 Å². The van der Waals surface area contributed by atoms with Crippen LogP contribution >= 0.6 is 0 Å². The van der Waals surface area contributed by atoms with Gasteiger partial charge in [0.1, 0.15) is 11.6 Å². The number of nitrogens with one attached hydrogen (secondary N) is 1. The van der Waals surface area contributed by atoms with Gasteiger partial charge in [-0.15, -0.1) is 0 Å². The van der Waals surface area contributed by atoms with Crippen LogP contribution in [0, 0.1) is 5.92 Å². The molecule has 9 heteroatoms. The van der Waals surface area contributed by atoms with E-state index in [1.165, 1.54) is 0 Å². The SMILES string of the molecule is CC(C)(C)OC(=O)NC(C(=O)O)C1CS(=O)(=O)CC1O. The lowest BCUT2D eigenvalue weighted by Crippen LogP contribution is -2.50. The van der Waals surface area contributed by atoms with Gasteiger partial charge in [0.2, 0.25) is 0 Å². The van der Waals surface area contributed by atoms with Crippen LogP contribution in [0.4, 0.5) is 4.79 Å². The molecule has 3 N–H and O–H groups in total. The van der Waals surface area contributed by atoms with Crippen molar-refractivity contribution in [1.29, 1.82) is 0 Å². The predicted octanol–water partition coefficient (Wildman–Crippen LogP) is -0.630. The molecule has 8 nitrogen and oxygen atoms in total. The fraction of sp³-hybridized carbons (Fsp3) is 0.818. The molecular formula is C11H19NO7S. The van der Waals surface area contributed by atoms with E-state index in [0.29, 0.717) is 0 Å². The number of rotatable bonds is 3. The van der Waals surface area contributed by atoms with Gasteiger partial charge in [0.15, 0.2) is 9.84 Å². The van der Waals surface area contributed by atoms with Crippen LogP contribution in [-0.2, 0) is 19.4 Å². The Morgan fingerprint density at radius 1 is 1.30 bits per heavy atom. The van der Waals surface area contributed by atoms with Crippen molar-refractivity contribution in [3.63, 3.8) is 0 Å². The molecule has 0 bridgehead atoms. The molecule has 0 aromatic heterocycles. The number of sulfone groups is 1. The normalized spacial score (nSPS) is 26.8. The molecule has 0 saturated carbocycles. The van der Waals surface area contributed by atoms with Gasteiger partial charge in [-0.2, -0.15) is 0 Å². The van der Waals surface area contributed by atoms with Crippen LogP contribution in [-0.4, -0.2) is 59.9 Å². The highest BCUT2D eigenvalue weighted by Gasteiger charge is 2.45. The summed E-state index contributed by atoms with van der Waals surface area (Å²) in [5, 5.41) is 20.8. The lowest BCUT2D eigenvalue weighted by Gasteiger charge is -2.25. The fourth-order valence-corrected chi connectivity index (χ4v) is 3.87. The first kappa shape index (κ1) is 16.7. The Kier molecular flexibility index (Phi) is 4.65. The van der Waals surface area contributed by atoms with E-state index >= 15 is 0 Å². The summed E-state index contributed by atoms with van der Waals surface area (Å²) < 4.78 is 27.7. The van der Waals surface area contributed by atoms with Crippen LogP contribution in [0.2, 0.25) is 0 Å². The van der Waals surface area contributed by atoms with Gasteiger partial charge in [0.05, 0.1) is 17.6 Å². The second-order valence-electron chi connectivity index (χ2n) is 5.77. The van der Waals surface area contributed by atoms with Crippen molar-refractivity contribution >= 4 is 21.9 Å². The number of carbonyl (C=O) groups is 2. The Bertz CT molecular complexity index is 493. The van der Waals surface area contributed by atoms with Gasteiger partial charge in [-0.25, -0.2) is 18.0 Å². The van der Waals surface area contributed by atoms with Crippen molar-refractivity contribution in [2.45, 2.75) is 38.5 Å².